The molecule has 1 aliphatic rings. The van der Waals surface area contributed by atoms with Crippen LogP contribution < -0.4 is 5.32 Å². The van der Waals surface area contributed by atoms with Crippen LogP contribution >= 0.6 is 0 Å². The molecule has 5 heteroatoms. The molecule has 1 aliphatic carbocycles. The third-order valence-corrected chi connectivity index (χ3v) is 2.74. The average Bonchev–Trinajstić information content (AvgIpc) is 2.87. The number of hydrogen-bond donors (Lipinski definition) is 1. The Morgan fingerprint density at radius 1 is 1.62 bits per heavy atom. The van der Waals surface area contributed by atoms with E-state index in [1.165, 1.54) is 12.8 Å². The maximum Gasteiger partial charge on any atom is 0.250 e. The Kier molecular flexibility index (Phi) is 3.56. The smallest absolute Gasteiger partial charge is 0.250 e. The van der Waals surface area contributed by atoms with Gasteiger partial charge in [0.15, 0.2) is 0 Å². The van der Waals surface area contributed by atoms with Crippen molar-refractivity contribution in [2.24, 2.45) is 7.05 Å². The number of ether oxygens (including phenoxy) is 1. The molecule has 1 saturated carbocycles. The minimum Gasteiger partial charge on any atom is -0.368 e. The minimum atomic E-state index is -0.111. The zero-order chi connectivity index (χ0) is 11.4. The van der Waals surface area contributed by atoms with E-state index in [2.05, 4.69) is 10.4 Å². The fourth-order valence-electron chi connectivity index (χ4n) is 1.93. The van der Waals surface area contributed by atoms with Crippen molar-refractivity contribution >= 4 is 11.6 Å². The lowest BCUT2D eigenvalue weighted by atomic mass is 10.3. The van der Waals surface area contributed by atoms with Crippen LogP contribution in [0.4, 0.5) is 5.69 Å². The monoisotopic (exact) mass is 223 g/mol. The molecule has 0 aliphatic heterocycles. The summed E-state index contributed by atoms with van der Waals surface area (Å²) in [5, 5.41) is 6.71. The molecule has 1 N–H and O–H groups in total. The van der Waals surface area contributed by atoms with E-state index >= 15 is 0 Å². The van der Waals surface area contributed by atoms with Crippen LogP contribution in [0.3, 0.4) is 0 Å². The summed E-state index contributed by atoms with van der Waals surface area (Å²) in [5.41, 5.74) is 0.711. The van der Waals surface area contributed by atoms with Crippen molar-refractivity contribution in [3.63, 3.8) is 0 Å². The Hall–Kier alpha value is -1.36. The SMILES string of the molecule is Cn1cc(NC(=O)COC2CCCC2)cn1. The van der Waals surface area contributed by atoms with Crippen molar-refractivity contribution in [2.75, 3.05) is 11.9 Å². The van der Waals surface area contributed by atoms with Gasteiger partial charge in [0, 0.05) is 13.2 Å². The summed E-state index contributed by atoms with van der Waals surface area (Å²) < 4.78 is 7.15. The minimum absolute atomic E-state index is 0.111. The molecule has 1 aromatic heterocycles. The molecule has 0 unspecified atom stereocenters. The molecule has 0 saturated heterocycles. The van der Waals surface area contributed by atoms with Crippen molar-refractivity contribution in [1.82, 2.24) is 9.78 Å². The first-order valence-electron chi connectivity index (χ1n) is 5.64. The Morgan fingerprint density at radius 2 is 2.38 bits per heavy atom. The molecule has 0 spiro atoms. The molecule has 0 radical (unpaired) electrons. The molecule has 1 amide bonds. The summed E-state index contributed by atoms with van der Waals surface area (Å²) in [6.45, 7) is 0.138. The van der Waals surface area contributed by atoms with Crippen LogP contribution in [0.15, 0.2) is 12.4 Å². The molecule has 1 aromatic rings. The summed E-state index contributed by atoms with van der Waals surface area (Å²) in [6.07, 6.45) is 8.25. The van der Waals surface area contributed by atoms with Crippen molar-refractivity contribution in [1.29, 1.82) is 0 Å². The number of carbonyl (C=O) groups is 1. The average molecular weight is 223 g/mol. The van der Waals surface area contributed by atoms with E-state index in [0.29, 0.717) is 5.69 Å². The van der Waals surface area contributed by atoms with E-state index in [-0.39, 0.29) is 18.6 Å². The van der Waals surface area contributed by atoms with Crippen molar-refractivity contribution in [3.05, 3.63) is 12.4 Å². The summed E-state index contributed by atoms with van der Waals surface area (Å²) in [7, 11) is 1.81. The Balaban J connectivity index is 1.71. The predicted octanol–water partition coefficient (Wildman–Crippen LogP) is 1.32. The Morgan fingerprint density at radius 3 is 3.00 bits per heavy atom. The van der Waals surface area contributed by atoms with Gasteiger partial charge < -0.3 is 10.1 Å². The van der Waals surface area contributed by atoms with Crippen LogP contribution in [0.25, 0.3) is 0 Å². The van der Waals surface area contributed by atoms with Crippen molar-refractivity contribution in [3.8, 4) is 0 Å². The van der Waals surface area contributed by atoms with Crippen LogP contribution in [0.1, 0.15) is 25.7 Å². The van der Waals surface area contributed by atoms with E-state index in [0.717, 1.165) is 12.8 Å². The van der Waals surface area contributed by atoms with Crippen LogP contribution in [0.5, 0.6) is 0 Å². The normalized spacial score (nSPS) is 16.6. The van der Waals surface area contributed by atoms with Crippen molar-refractivity contribution in [2.45, 2.75) is 31.8 Å². The fraction of sp³-hybridized carbons (Fsp3) is 0.636. The molecule has 16 heavy (non-hydrogen) atoms. The molecule has 2 rings (SSSR count). The lowest BCUT2D eigenvalue weighted by Crippen LogP contribution is -2.21. The second-order valence-corrected chi connectivity index (χ2v) is 4.17. The molecule has 1 fully saturated rings. The zero-order valence-corrected chi connectivity index (χ0v) is 9.48. The van der Waals surface area contributed by atoms with Gasteiger partial charge in [-0.3, -0.25) is 9.48 Å². The quantitative estimate of drug-likeness (QED) is 0.837. The highest BCUT2D eigenvalue weighted by Crippen LogP contribution is 2.20. The number of rotatable bonds is 4. The van der Waals surface area contributed by atoms with Gasteiger partial charge in [0.2, 0.25) is 5.91 Å². The number of aryl methyl sites for hydroxylation is 1. The number of nitrogens with zero attached hydrogens (tertiary/aromatic N) is 2. The molecule has 0 aromatic carbocycles. The maximum absolute atomic E-state index is 11.5. The molecular weight excluding hydrogens is 206 g/mol. The summed E-state index contributed by atoms with van der Waals surface area (Å²) in [4.78, 5) is 11.5. The van der Waals surface area contributed by atoms with E-state index in [9.17, 15) is 4.79 Å². The third-order valence-electron chi connectivity index (χ3n) is 2.74. The van der Waals surface area contributed by atoms with E-state index in [1.54, 1.807) is 17.1 Å². The lowest BCUT2D eigenvalue weighted by Gasteiger charge is -2.10. The number of nitrogens with one attached hydrogen (secondary N) is 1. The van der Waals surface area contributed by atoms with Gasteiger partial charge in [-0.2, -0.15) is 5.10 Å². The van der Waals surface area contributed by atoms with E-state index in [4.69, 9.17) is 4.74 Å². The largest absolute Gasteiger partial charge is 0.368 e. The van der Waals surface area contributed by atoms with Gasteiger partial charge in [0.1, 0.15) is 6.61 Å². The number of amides is 1. The topological polar surface area (TPSA) is 56.2 Å². The fourth-order valence-corrected chi connectivity index (χ4v) is 1.93. The first-order valence-corrected chi connectivity index (χ1v) is 5.64. The summed E-state index contributed by atoms with van der Waals surface area (Å²) in [6, 6.07) is 0. The van der Waals surface area contributed by atoms with Gasteiger partial charge in [0.25, 0.3) is 0 Å². The molecule has 5 nitrogen and oxygen atoms in total. The van der Waals surface area contributed by atoms with Crippen LogP contribution in [0.2, 0.25) is 0 Å². The van der Waals surface area contributed by atoms with E-state index in [1.807, 2.05) is 7.05 Å². The number of carbonyl (C=O) groups excluding carboxylic acids is 1. The first-order chi connectivity index (χ1) is 7.74. The molecule has 88 valence electrons. The third kappa shape index (κ3) is 3.06. The van der Waals surface area contributed by atoms with Gasteiger partial charge in [-0.05, 0) is 12.8 Å². The Labute approximate surface area is 94.8 Å². The van der Waals surface area contributed by atoms with Gasteiger partial charge in [-0.15, -0.1) is 0 Å². The van der Waals surface area contributed by atoms with Gasteiger partial charge in [-0.25, -0.2) is 0 Å². The second kappa shape index (κ2) is 5.12. The van der Waals surface area contributed by atoms with Crippen molar-refractivity contribution < 1.29 is 9.53 Å². The van der Waals surface area contributed by atoms with E-state index < -0.39 is 0 Å². The standard InChI is InChI=1S/C11H17N3O2/c1-14-7-9(6-12-14)13-11(15)8-16-10-4-2-3-5-10/h6-7,10H,2-5,8H2,1H3,(H,13,15). The van der Waals surface area contributed by atoms with Crippen LogP contribution in [-0.2, 0) is 16.6 Å². The highest BCUT2D eigenvalue weighted by Gasteiger charge is 2.16. The lowest BCUT2D eigenvalue weighted by molar-refractivity contribution is -0.122. The molecule has 0 bridgehead atoms. The van der Waals surface area contributed by atoms with Gasteiger partial charge >= 0.3 is 0 Å². The highest BCUT2D eigenvalue weighted by atomic mass is 16.5. The molecule has 1 heterocycles. The summed E-state index contributed by atoms with van der Waals surface area (Å²) >= 11 is 0. The zero-order valence-electron chi connectivity index (χ0n) is 9.48. The van der Waals surface area contributed by atoms with Crippen LogP contribution in [0, 0.1) is 0 Å². The highest BCUT2D eigenvalue weighted by molar-refractivity contribution is 5.91. The maximum atomic E-state index is 11.5. The second-order valence-electron chi connectivity index (χ2n) is 4.17. The predicted molar refractivity (Wildman–Crippen MR) is 60.0 cm³/mol. The number of hydrogen-bond acceptors (Lipinski definition) is 3. The van der Waals surface area contributed by atoms with Gasteiger partial charge in [0.05, 0.1) is 18.0 Å². The number of aromatic nitrogens is 2. The summed E-state index contributed by atoms with van der Waals surface area (Å²) in [5.74, 6) is -0.111. The van der Waals surface area contributed by atoms with Gasteiger partial charge in [-0.1, -0.05) is 12.8 Å². The Bertz CT molecular complexity index is 356. The first kappa shape index (κ1) is 11.1. The number of anilines is 1. The molecule has 0 atom stereocenters. The molecular formula is C11H17N3O2. The van der Waals surface area contributed by atoms with Crippen LogP contribution in [-0.4, -0.2) is 28.4 Å².